The number of hydrogen-bond donors (Lipinski definition) is 2. The van der Waals surface area contributed by atoms with E-state index in [2.05, 4.69) is 21.2 Å². The van der Waals surface area contributed by atoms with Crippen LogP contribution in [-0.2, 0) is 4.79 Å². The van der Waals surface area contributed by atoms with Gasteiger partial charge in [0.25, 0.3) is 0 Å². The highest BCUT2D eigenvalue weighted by Crippen LogP contribution is 2.25. The Morgan fingerprint density at radius 1 is 1.65 bits per heavy atom. The summed E-state index contributed by atoms with van der Waals surface area (Å²) in [4.78, 5) is 11.2. The first kappa shape index (κ1) is 13.5. The van der Waals surface area contributed by atoms with E-state index in [0.29, 0.717) is 17.7 Å². The van der Waals surface area contributed by atoms with Crippen molar-refractivity contribution in [2.24, 2.45) is 0 Å². The molecule has 0 fully saturated rings. The third kappa shape index (κ3) is 2.98. The van der Waals surface area contributed by atoms with Crippen molar-refractivity contribution in [3.05, 3.63) is 28.2 Å². The maximum Gasteiger partial charge on any atom is 0.329 e. The molecule has 0 saturated heterocycles. The summed E-state index contributed by atoms with van der Waals surface area (Å²) in [5.41, 5.74) is -0.123. The minimum atomic E-state index is -1.07. The second-order valence-electron chi connectivity index (χ2n) is 3.92. The molecule has 0 bridgehead atoms. The minimum Gasteiger partial charge on any atom is -0.480 e. The highest BCUT2D eigenvalue weighted by molar-refractivity contribution is 9.10. The Kier molecular flexibility index (Phi) is 4.13. The summed E-state index contributed by atoms with van der Waals surface area (Å²) in [5.74, 6) is -0.938. The van der Waals surface area contributed by atoms with Gasteiger partial charge in [0.1, 0.15) is 11.6 Å². The van der Waals surface area contributed by atoms with Crippen molar-refractivity contribution in [1.82, 2.24) is 0 Å². The SMILES string of the molecule is CCC(C)(Nc1ccc(Br)cc1C#N)C(=O)O. The van der Waals surface area contributed by atoms with E-state index in [1.54, 1.807) is 32.0 Å². The summed E-state index contributed by atoms with van der Waals surface area (Å²) < 4.78 is 0.785. The molecule has 0 spiro atoms. The molecule has 17 heavy (non-hydrogen) atoms. The van der Waals surface area contributed by atoms with Gasteiger partial charge in [0, 0.05) is 4.47 Å². The lowest BCUT2D eigenvalue weighted by molar-refractivity contribution is -0.141. The number of rotatable bonds is 4. The van der Waals surface area contributed by atoms with Crippen LogP contribution in [0.15, 0.2) is 22.7 Å². The van der Waals surface area contributed by atoms with Gasteiger partial charge in [0.05, 0.1) is 11.3 Å². The molecule has 0 amide bonds. The lowest BCUT2D eigenvalue weighted by Gasteiger charge is -2.26. The Balaban J connectivity index is 3.11. The molecule has 0 saturated carbocycles. The largest absolute Gasteiger partial charge is 0.480 e. The molecule has 1 aromatic rings. The highest BCUT2D eigenvalue weighted by atomic mass is 79.9. The Morgan fingerprint density at radius 2 is 2.29 bits per heavy atom. The number of nitriles is 1. The van der Waals surface area contributed by atoms with Crippen LogP contribution in [0.5, 0.6) is 0 Å². The van der Waals surface area contributed by atoms with Gasteiger partial charge in [-0.3, -0.25) is 0 Å². The average molecular weight is 297 g/mol. The number of hydrogen-bond acceptors (Lipinski definition) is 3. The predicted octanol–water partition coefficient (Wildman–Crippen LogP) is 2.99. The van der Waals surface area contributed by atoms with E-state index in [1.165, 1.54) is 0 Å². The fourth-order valence-corrected chi connectivity index (χ4v) is 1.67. The molecule has 1 atom stereocenters. The summed E-state index contributed by atoms with van der Waals surface area (Å²) in [6.45, 7) is 3.38. The zero-order valence-electron chi connectivity index (χ0n) is 9.62. The Labute approximate surface area is 108 Å². The van der Waals surface area contributed by atoms with Gasteiger partial charge in [0.2, 0.25) is 0 Å². The number of halogens is 1. The van der Waals surface area contributed by atoms with E-state index in [0.717, 1.165) is 4.47 Å². The lowest BCUT2D eigenvalue weighted by Crippen LogP contribution is -2.42. The summed E-state index contributed by atoms with van der Waals surface area (Å²) in [5, 5.41) is 21.1. The first-order valence-electron chi connectivity index (χ1n) is 5.14. The van der Waals surface area contributed by atoms with Crippen molar-refractivity contribution in [3.8, 4) is 6.07 Å². The van der Waals surface area contributed by atoms with Gasteiger partial charge in [-0.05, 0) is 31.5 Å². The van der Waals surface area contributed by atoms with Crippen LogP contribution in [0, 0.1) is 11.3 Å². The van der Waals surface area contributed by atoms with E-state index >= 15 is 0 Å². The van der Waals surface area contributed by atoms with Crippen LogP contribution < -0.4 is 5.32 Å². The molecule has 5 heteroatoms. The zero-order valence-corrected chi connectivity index (χ0v) is 11.2. The number of nitrogens with zero attached hydrogens (tertiary/aromatic N) is 1. The van der Waals surface area contributed by atoms with Crippen molar-refractivity contribution >= 4 is 27.6 Å². The molecule has 1 unspecified atom stereocenters. The summed E-state index contributed by atoms with van der Waals surface area (Å²) in [6, 6.07) is 7.15. The van der Waals surface area contributed by atoms with Gasteiger partial charge in [-0.1, -0.05) is 22.9 Å². The molecule has 90 valence electrons. The molecule has 0 aliphatic heterocycles. The van der Waals surface area contributed by atoms with Crippen molar-refractivity contribution in [3.63, 3.8) is 0 Å². The molecule has 0 aliphatic carbocycles. The molecule has 0 aliphatic rings. The number of nitrogens with one attached hydrogen (secondary N) is 1. The maximum atomic E-state index is 11.2. The number of anilines is 1. The molecule has 0 radical (unpaired) electrons. The van der Waals surface area contributed by atoms with Crippen molar-refractivity contribution < 1.29 is 9.90 Å². The predicted molar refractivity (Wildman–Crippen MR) is 68.8 cm³/mol. The van der Waals surface area contributed by atoms with E-state index < -0.39 is 11.5 Å². The van der Waals surface area contributed by atoms with Gasteiger partial charge in [-0.25, -0.2) is 4.79 Å². The topological polar surface area (TPSA) is 73.1 Å². The van der Waals surface area contributed by atoms with E-state index in [-0.39, 0.29) is 0 Å². The second-order valence-corrected chi connectivity index (χ2v) is 4.83. The molecular formula is C12H13BrN2O2. The van der Waals surface area contributed by atoms with Gasteiger partial charge < -0.3 is 10.4 Å². The smallest absolute Gasteiger partial charge is 0.329 e. The van der Waals surface area contributed by atoms with Gasteiger partial charge in [-0.15, -0.1) is 0 Å². The Bertz CT molecular complexity index is 482. The first-order chi connectivity index (χ1) is 7.92. The number of benzene rings is 1. The average Bonchev–Trinajstić information content (AvgIpc) is 2.30. The zero-order chi connectivity index (χ0) is 13.1. The van der Waals surface area contributed by atoms with Gasteiger partial charge in [-0.2, -0.15) is 5.26 Å². The quantitative estimate of drug-likeness (QED) is 0.896. The van der Waals surface area contributed by atoms with Crippen molar-refractivity contribution in [1.29, 1.82) is 5.26 Å². The molecule has 1 aromatic carbocycles. The Morgan fingerprint density at radius 3 is 2.76 bits per heavy atom. The molecule has 4 nitrogen and oxygen atoms in total. The first-order valence-corrected chi connectivity index (χ1v) is 5.93. The number of aliphatic carboxylic acids is 1. The van der Waals surface area contributed by atoms with Crippen LogP contribution in [-0.4, -0.2) is 16.6 Å². The third-order valence-electron chi connectivity index (χ3n) is 2.69. The fraction of sp³-hybridized carbons (Fsp3) is 0.333. The minimum absolute atomic E-state index is 0.417. The van der Waals surface area contributed by atoms with Gasteiger partial charge in [0.15, 0.2) is 0 Å². The number of carboxylic acid groups (broad SMARTS) is 1. The Hall–Kier alpha value is -1.54. The molecule has 0 heterocycles. The highest BCUT2D eigenvalue weighted by Gasteiger charge is 2.31. The van der Waals surface area contributed by atoms with Gasteiger partial charge >= 0.3 is 5.97 Å². The molecule has 2 N–H and O–H groups in total. The summed E-state index contributed by atoms with van der Waals surface area (Å²) >= 11 is 3.27. The molecular weight excluding hydrogens is 284 g/mol. The normalized spacial score (nSPS) is 13.5. The monoisotopic (exact) mass is 296 g/mol. The van der Waals surface area contributed by atoms with Crippen LogP contribution in [0.2, 0.25) is 0 Å². The maximum absolute atomic E-state index is 11.2. The third-order valence-corrected chi connectivity index (χ3v) is 3.19. The summed E-state index contributed by atoms with van der Waals surface area (Å²) in [7, 11) is 0. The van der Waals surface area contributed by atoms with E-state index in [9.17, 15) is 4.79 Å². The van der Waals surface area contributed by atoms with Crippen LogP contribution in [0.25, 0.3) is 0 Å². The number of carboxylic acids is 1. The fourth-order valence-electron chi connectivity index (χ4n) is 1.31. The lowest BCUT2D eigenvalue weighted by atomic mass is 9.98. The second kappa shape index (κ2) is 5.19. The molecule has 1 rings (SSSR count). The van der Waals surface area contributed by atoms with Crippen molar-refractivity contribution in [2.75, 3.05) is 5.32 Å². The summed E-state index contributed by atoms with van der Waals surface area (Å²) in [6.07, 6.45) is 0.420. The van der Waals surface area contributed by atoms with Crippen molar-refractivity contribution in [2.45, 2.75) is 25.8 Å². The molecule has 0 aromatic heterocycles. The van der Waals surface area contributed by atoms with Crippen LogP contribution in [0.1, 0.15) is 25.8 Å². The van der Waals surface area contributed by atoms with Crippen LogP contribution >= 0.6 is 15.9 Å². The number of carbonyl (C=O) groups is 1. The van der Waals surface area contributed by atoms with Crippen LogP contribution in [0.4, 0.5) is 5.69 Å². The van der Waals surface area contributed by atoms with Crippen LogP contribution in [0.3, 0.4) is 0 Å². The standard InChI is InChI=1S/C12H13BrN2O2/c1-3-12(2,11(16)17)15-10-5-4-9(13)6-8(10)7-14/h4-6,15H,3H2,1-2H3,(H,16,17). The van der Waals surface area contributed by atoms with E-state index in [4.69, 9.17) is 10.4 Å². The van der Waals surface area contributed by atoms with E-state index in [1.807, 2.05) is 6.07 Å².